The summed E-state index contributed by atoms with van der Waals surface area (Å²) in [6.07, 6.45) is 0.917. The zero-order valence-corrected chi connectivity index (χ0v) is 12.0. The average molecular weight is 285 g/mol. The third-order valence-electron chi connectivity index (χ3n) is 3.60. The van der Waals surface area contributed by atoms with Crippen LogP contribution in [-0.2, 0) is 13.0 Å². The van der Waals surface area contributed by atoms with E-state index in [2.05, 4.69) is 6.07 Å². The summed E-state index contributed by atoms with van der Waals surface area (Å²) in [4.78, 5) is 0. The van der Waals surface area contributed by atoms with Gasteiger partial charge >= 0.3 is 0 Å². The van der Waals surface area contributed by atoms with Gasteiger partial charge in [0.05, 0.1) is 7.11 Å². The summed E-state index contributed by atoms with van der Waals surface area (Å²) in [5, 5.41) is 0. The van der Waals surface area contributed by atoms with Crippen LogP contribution in [0, 0.1) is 0 Å². The maximum atomic E-state index is 5.86. The van der Waals surface area contributed by atoms with Crippen LogP contribution in [0.3, 0.4) is 0 Å². The molecule has 0 aromatic heterocycles. The second-order valence-electron chi connectivity index (χ2n) is 5.05. The molecule has 0 saturated carbocycles. The van der Waals surface area contributed by atoms with Crippen molar-refractivity contribution in [3.8, 4) is 17.2 Å². The number of ether oxygens (including phenoxy) is 3. The summed E-state index contributed by atoms with van der Waals surface area (Å²) in [5.41, 5.74) is 7.88. The third-order valence-corrected chi connectivity index (χ3v) is 3.60. The predicted octanol–water partition coefficient (Wildman–Crippen LogP) is 2.54. The second-order valence-corrected chi connectivity index (χ2v) is 5.05. The first-order valence-corrected chi connectivity index (χ1v) is 7.04. The maximum Gasteiger partial charge on any atom is 0.161 e. The number of fused-ring (bicyclic) bond motifs is 1. The largest absolute Gasteiger partial charge is 0.493 e. The molecule has 4 heteroatoms. The summed E-state index contributed by atoms with van der Waals surface area (Å²) in [5.74, 6) is 2.37. The molecule has 1 unspecified atom stereocenters. The molecule has 1 aliphatic heterocycles. The molecule has 3 rings (SSSR count). The van der Waals surface area contributed by atoms with Gasteiger partial charge in [0, 0.05) is 13.0 Å². The van der Waals surface area contributed by atoms with Gasteiger partial charge in [-0.05, 0) is 29.3 Å². The number of rotatable bonds is 5. The first kappa shape index (κ1) is 13.8. The van der Waals surface area contributed by atoms with E-state index in [1.165, 1.54) is 5.56 Å². The second kappa shape index (κ2) is 6.06. The summed E-state index contributed by atoms with van der Waals surface area (Å²) in [6, 6.07) is 13.8. The molecule has 0 amide bonds. The minimum Gasteiger partial charge on any atom is -0.493 e. The van der Waals surface area contributed by atoms with Crippen molar-refractivity contribution in [2.24, 2.45) is 5.73 Å². The zero-order valence-electron chi connectivity index (χ0n) is 12.0. The molecule has 2 N–H and O–H groups in total. The number of hydrogen-bond acceptors (Lipinski definition) is 4. The summed E-state index contributed by atoms with van der Waals surface area (Å²) >= 11 is 0. The van der Waals surface area contributed by atoms with E-state index >= 15 is 0 Å². The van der Waals surface area contributed by atoms with Gasteiger partial charge in [-0.1, -0.05) is 24.3 Å². The molecule has 0 radical (unpaired) electrons. The fourth-order valence-corrected chi connectivity index (χ4v) is 2.49. The lowest BCUT2D eigenvalue weighted by Gasteiger charge is -2.15. The molecule has 0 fully saturated rings. The van der Waals surface area contributed by atoms with Crippen molar-refractivity contribution < 1.29 is 14.2 Å². The van der Waals surface area contributed by atoms with Crippen molar-refractivity contribution in [3.63, 3.8) is 0 Å². The van der Waals surface area contributed by atoms with Crippen LogP contribution in [0.2, 0.25) is 0 Å². The molecule has 1 atom stereocenters. The standard InChI is InChI=1S/C17H19NO3/c1-19-17-8-12(10-18)6-7-16(17)20-11-14-9-13-4-2-3-5-15(13)21-14/h2-8,14H,9-11,18H2,1H3. The Morgan fingerprint density at radius 3 is 2.81 bits per heavy atom. The predicted molar refractivity (Wildman–Crippen MR) is 80.9 cm³/mol. The quantitative estimate of drug-likeness (QED) is 0.917. The van der Waals surface area contributed by atoms with Gasteiger partial charge in [0.1, 0.15) is 18.5 Å². The first-order valence-electron chi connectivity index (χ1n) is 7.04. The van der Waals surface area contributed by atoms with Gasteiger partial charge in [-0.3, -0.25) is 0 Å². The van der Waals surface area contributed by atoms with E-state index in [0.717, 1.165) is 17.7 Å². The van der Waals surface area contributed by atoms with Gasteiger partial charge in [-0.15, -0.1) is 0 Å². The van der Waals surface area contributed by atoms with Gasteiger partial charge in [0.25, 0.3) is 0 Å². The van der Waals surface area contributed by atoms with Crippen LogP contribution in [0.1, 0.15) is 11.1 Å². The topological polar surface area (TPSA) is 53.7 Å². The molecule has 110 valence electrons. The van der Waals surface area contributed by atoms with E-state index in [4.69, 9.17) is 19.9 Å². The van der Waals surface area contributed by atoms with E-state index < -0.39 is 0 Å². The SMILES string of the molecule is COc1cc(CN)ccc1OCC1Cc2ccccc2O1. The number of nitrogens with two attached hydrogens (primary N) is 1. The van der Waals surface area contributed by atoms with Crippen LogP contribution in [0.5, 0.6) is 17.2 Å². The summed E-state index contributed by atoms with van der Waals surface area (Å²) in [6.45, 7) is 0.977. The molecule has 4 nitrogen and oxygen atoms in total. The van der Waals surface area contributed by atoms with Gasteiger partial charge in [-0.25, -0.2) is 0 Å². The van der Waals surface area contributed by atoms with Crippen molar-refractivity contribution in [2.75, 3.05) is 13.7 Å². The molecule has 0 saturated heterocycles. The number of hydrogen-bond donors (Lipinski definition) is 1. The highest BCUT2D eigenvalue weighted by atomic mass is 16.5. The summed E-state index contributed by atoms with van der Waals surface area (Å²) in [7, 11) is 1.63. The van der Waals surface area contributed by atoms with Crippen LogP contribution in [0.4, 0.5) is 0 Å². The smallest absolute Gasteiger partial charge is 0.161 e. The molecule has 1 aliphatic rings. The molecule has 0 spiro atoms. The molecule has 21 heavy (non-hydrogen) atoms. The normalized spacial score (nSPS) is 16.2. The van der Waals surface area contributed by atoms with Crippen molar-refractivity contribution in [1.29, 1.82) is 0 Å². The third kappa shape index (κ3) is 2.95. The summed E-state index contributed by atoms with van der Waals surface area (Å²) < 4.78 is 17.1. The zero-order chi connectivity index (χ0) is 14.7. The van der Waals surface area contributed by atoms with Crippen molar-refractivity contribution in [2.45, 2.75) is 19.1 Å². The lowest BCUT2D eigenvalue weighted by molar-refractivity contribution is 0.145. The molecule has 0 bridgehead atoms. The Balaban J connectivity index is 1.64. The Hall–Kier alpha value is -2.20. The Morgan fingerprint density at radius 1 is 1.19 bits per heavy atom. The molecule has 2 aromatic rings. The molecular formula is C17H19NO3. The van der Waals surface area contributed by atoms with Gasteiger partial charge < -0.3 is 19.9 Å². The van der Waals surface area contributed by atoms with Gasteiger partial charge in [0.2, 0.25) is 0 Å². The van der Waals surface area contributed by atoms with Crippen LogP contribution in [0.25, 0.3) is 0 Å². The lowest BCUT2D eigenvalue weighted by Crippen LogP contribution is -2.22. The van der Waals surface area contributed by atoms with Gasteiger partial charge in [-0.2, -0.15) is 0 Å². The van der Waals surface area contributed by atoms with Gasteiger partial charge in [0.15, 0.2) is 11.5 Å². The van der Waals surface area contributed by atoms with Crippen molar-refractivity contribution in [1.82, 2.24) is 0 Å². The van der Waals surface area contributed by atoms with Crippen LogP contribution in [-0.4, -0.2) is 19.8 Å². The molecular weight excluding hydrogens is 266 g/mol. The van der Waals surface area contributed by atoms with Crippen LogP contribution >= 0.6 is 0 Å². The Labute approximate surface area is 124 Å². The monoisotopic (exact) mass is 285 g/mol. The average Bonchev–Trinajstić information content (AvgIpc) is 2.95. The number of para-hydroxylation sites is 1. The Kier molecular flexibility index (Phi) is 3.97. The highest BCUT2D eigenvalue weighted by Crippen LogP contribution is 2.31. The molecule has 2 aromatic carbocycles. The number of benzene rings is 2. The van der Waals surface area contributed by atoms with E-state index in [0.29, 0.717) is 24.7 Å². The fraction of sp³-hybridized carbons (Fsp3) is 0.294. The van der Waals surface area contributed by atoms with Crippen LogP contribution < -0.4 is 19.9 Å². The minimum absolute atomic E-state index is 0.0429. The first-order chi connectivity index (χ1) is 10.3. The van der Waals surface area contributed by atoms with Crippen LogP contribution in [0.15, 0.2) is 42.5 Å². The lowest BCUT2D eigenvalue weighted by atomic mass is 10.1. The highest BCUT2D eigenvalue weighted by molar-refractivity contribution is 5.43. The molecule has 1 heterocycles. The Bertz CT molecular complexity index is 602. The maximum absolute atomic E-state index is 5.86. The molecule has 0 aliphatic carbocycles. The highest BCUT2D eigenvalue weighted by Gasteiger charge is 2.23. The van der Waals surface area contributed by atoms with E-state index in [-0.39, 0.29) is 6.10 Å². The Morgan fingerprint density at radius 2 is 2.05 bits per heavy atom. The van der Waals surface area contributed by atoms with Crippen molar-refractivity contribution >= 4 is 0 Å². The number of methoxy groups -OCH3 is 1. The van der Waals surface area contributed by atoms with E-state index in [9.17, 15) is 0 Å². The fourth-order valence-electron chi connectivity index (χ4n) is 2.49. The van der Waals surface area contributed by atoms with Crippen molar-refractivity contribution in [3.05, 3.63) is 53.6 Å². The minimum atomic E-state index is 0.0429. The van der Waals surface area contributed by atoms with E-state index in [1.54, 1.807) is 7.11 Å². The van der Waals surface area contributed by atoms with E-state index in [1.807, 2.05) is 36.4 Å².